The van der Waals surface area contributed by atoms with Gasteiger partial charge in [0.25, 0.3) is 0 Å². The molecule has 1 atom stereocenters. The Bertz CT molecular complexity index is 345. The summed E-state index contributed by atoms with van der Waals surface area (Å²) < 4.78 is 19.5. The fourth-order valence-corrected chi connectivity index (χ4v) is 1.50. The molecule has 0 fully saturated rings. The van der Waals surface area contributed by atoms with E-state index in [0.717, 1.165) is 0 Å². The zero-order valence-electron chi connectivity index (χ0n) is 6.18. The molecule has 0 aromatic heterocycles. The van der Waals surface area contributed by atoms with Crippen LogP contribution in [-0.2, 0) is 8.18 Å². The van der Waals surface area contributed by atoms with E-state index < -0.39 is 7.82 Å². The van der Waals surface area contributed by atoms with Crippen LogP contribution in [0.2, 0.25) is 5.02 Å². The number of phosphoric ester groups is 1. The van der Waals surface area contributed by atoms with Gasteiger partial charge in [0.2, 0.25) is 0 Å². The summed E-state index contributed by atoms with van der Waals surface area (Å²) in [6.45, 7) is 0. The largest absolute Gasteiger partial charge is 0.538 e. The fourth-order valence-electron chi connectivity index (χ4n) is 0.657. The van der Waals surface area contributed by atoms with Crippen molar-refractivity contribution in [3.05, 3.63) is 29.3 Å². The highest BCUT2D eigenvalue weighted by Gasteiger charge is 2.22. The Morgan fingerprint density at radius 2 is 2.08 bits per heavy atom. The van der Waals surface area contributed by atoms with Gasteiger partial charge in [0.1, 0.15) is 22.0 Å². The first-order valence-corrected chi connectivity index (χ1v) is 5.64. The highest BCUT2D eigenvalue weighted by atomic mass is 79.9. The molecule has 0 heterocycles. The minimum absolute atomic E-state index is 0.0921. The molecular weight excluding hydrogens is 282 g/mol. The van der Waals surface area contributed by atoms with Crippen molar-refractivity contribution in [1.82, 2.24) is 0 Å². The highest BCUT2D eigenvalue weighted by molar-refractivity contribution is 9.06. The van der Waals surface area contributed by atoms with Gasteiger partial charge in [-0.1, -0.05) is 23.7 Å². The van der Waals surface area contributed by atoms with Gasteiger partial charge in [0.05, 0.1) is 5.02 Å². The molecule has 0 aliphatic carbocycles. The van der Waals surface area contributed by atoms with Crippen LogP contribution in [0.4, 0.5) is 0 Å². The molecule has 1 unspecified atom stereocenters. The van der Waals surface area contributed by atoms with Crippen LogP contribution >= 0.6 is 35.7 Å². The molecule has 0 saturated heterocycles. The van der Waals surface area contributed by atoms with E-state index in [2.05, 4.69) is 24.4 Å². The van der Waals surface area contributed by atoms with Gasteiger partial charge in [-0.2, -0.15) is 3.62 Å². The van der Waals surface area contributed by atoms with Crippen molar-refractivity contribution < 1.29 is 17.6 Å². The number of benzene rings is 1. The van der Waals surface area contributed by atoms with Crippen molar-refractivity contribution >= 4 is 35.7 Å². The van der Waals surface area contributed by atoms with Crippen LogP contribution in [0.15, 0.2) is 24.3 Å². The maximum Gasteiger partial charge on any atom is 0.538 e. The lowest BCUT2D eigenvalue weighted by Crippen LogP contribution is -1.91. The molecule has 1 rings (SSSR count). The Morgan fingerprint density at radius 1 is 1.46 bits per heavy atom. The van der Waals surface area contributed by atoms with Gasteiger partial charge in [-0.25, -0.2) is 4.57 Å². The van der Waals surface area contributed by atoms with Crippen molar-refractivity contribution in [2.45, 2.75) is 0 Å². The predicted molar refractivity (Wildman–Crippen MR) is 51.9 cm³/mol. The van der Waals surface area contributed by atoms with Gasteiger partial charge in [0.15, 0.2) is 0 Å². The van der Waals surface area contributed by atoms with Gasteiger partial charge in [-0.15, -0.1) is 0 Å². The number of rotatable bonds is 3. The molecule has 0 aliphatic heterocycles. The number of hydrogen-bond acceptors (Lipinski definition) is 3. The molecule has 1 aromatic rings. The Morgan fingerprint density at radius 3 is 2.62 bits per heavy atom. The van der Waals surface area contributed by atoms with E-state index in [4.69, 9.17) is 16.5 Å². The zero-order chi connectivity index (χ0) is 9.90. The SMILES string of the molecule is O=P(O)(OBr)Oc1ccccc1Cl. The van der Waals surface area contributed by atoms with E-state index in [1.807, 2.05) is 0 Å². The molecular formula is C6H5BrClO4P. The van der Waals surface area contributed by atoms with Crippen LogP contribution in [0.25, 0.3) is 0 Å². The van der Waals surface area contributed by atoms with Crippen LogP contribution in [0, 0.1) is 0 Å². The number of para-hydroxylation sites is 1. The third-order valence-electron chi connectivity index (χ3n) is 1.14. The lowest BCUT2D eigenvalue weighted by molar-refractivity contribution is 0.311. The van der Waals surface area contributed by atoms with Crippen molar-refractivity contribution in [2.24, 2.45) is 0 Å². The predicted octanol–water partition coefficient (Wildman–Crippen LogP) is 3.15. The molecule has 0 saturated carbocycles. The Balaban J connectivity index is 2.86. The first kappa shape index (κ1) is 11.0. The third-order valence-corrected chi connectivity index (χ3v) is 3.15. The second-order valence-electron chi connectivity index (χ2n) is 2.06. The van der Waals surface area contributed by atoms with Crippen LogP contribution < -0.4 is 4.52 Å². The summed E-state index contributed by atoms with van der Waals surface area (Å²) in [6.07, 6.45) is 0. The number of hydrogen-bond donors (Lipinski definition) is 1. The van der Waals surface area contributed by atoms with Crippen LogP contribution in [0.3, 0.4) is 0 Å². The lowest BCUT2D eigenvalue weighted by atomic mass is 10.3. The first-order chi connectivity index (χ1) is 6.05. The van der Waals surface area contributed by atoms with E-state index in [1.54, 1.807) is 12.1 Å². The van der Waals surface area contributed by atoms with Gasteiger partial charge >= 0.3 is 7.82 Å². The van der Waals surface area contributed by atoms with E-state index >= 15 is 0 Å². The van der Waals surface area contributed by atoms with Gasteiger partial charge in [-0.05, 0) is 12.1 Å². The summed E-state index contributed by atoms with van der Waals surface area (Å²) in [5.41, 5.74) is 0. The molecule has 4 nitrogen and oxygen atoms in total. The van der Waals surface area contributed by atoms with E-state index in [9.17, 15) is 4.57 Å². The molecule has 13 heavy (non-hydrogen) atoms. The maximum atomic E-state index is 10.9. The molecule has 1 N–H and O–H groups in total. The summed E-state index contributed by atoms with van der Waals surface area (Å²) in [6, 6.07) is 6.28. The normalized spacial score (nSPS) is 15.0. The molecule has 0 spiro atoms. The summed E-state index contributed by atoms with van der Waals surface area (Å²) in [7, 11) is -4.09. The Hall–Kier alpha value is -0.0600. The maximum absolute atomic E-state index is 10.9. The topological polar surface area (TPSA) is 55.8 Å². The second kappa shape index (κ2) is 4.44. The smallest absolute Gasteiger partial charge is 0.402 e. The monoisotopic (exact) mass is 286 g/mol. The average molecular weight is 287 g/mol. The minimum atomic E-state index is -4.09. The first-order valence-electron chi connectivity index (χ1n) is 3.12. The van der Waals surface area contributed by atoms with E-state index in [1.165, 1.54) is 12.1 Å². The number of halogens is 2. The van der Waals surface area contributed by atoms with E-state index in [0.29, 0.717) is 0 Å². The van der Waals surface area contributed by atoms with E-state index in [-0.39, 0.29) is 10.8 Å². The Labute approximate surface area is 88.5 Å². The summed E-state index contributed by atoms with van der Waals surface area (Å²) in [4.78, 5) is 8.91. The fraction of sp³-hybridized carbons (Fsp3) is 0. The van der Waals surface area contributed by atoms with Gasteiger partial charge in [0, 0.05) is 0 Å². The second-order valence-corrected chi connectivity index (χ2v) is 4.59. The average Bonchev–Trinajstić information content (AvgIpc) is 2.09. The van der Waals surface area contributed by atoms with Crippen molar-refractivity contribution in [3.8, 4) is 5.75 Å². The lowest BCUT2D eigenvalue weighted by Gasteiger charge is -2.09. The molecule has 0 aliphatic rings. The molecule has 0 radical (unpaired) electrons. The summed E-state index contributed by atoms with van der Waals surface area (Å²) >= 11 is 8.03. The Kier molecular flexibility index (Phi) is 3.76. The van der Waals surface area contributed by atoms with Crippen LogP contribution in [0.5, 0.6) is 5.75 Å². The zero-order valence-corrected chi connectivity index (χ0v) is 9.42. The molecule has 72 valence electrons. The molecule has 7 heteroatoms. The number of phosphoric acid groups is 1. The van der Waals surface area contributed by atoms with Gasteiger partial charge < -0.3 is 4.52 Å². The third kappa shape index (κ3) is 3.29. The summed E-state index contributed by atoms with van der Waals surface area (Å²) in [5, 5.41) is 0.237. The van der Waals surface area contributed by atoms with Gasteiger partial charge in [-0.3, -0.25) is 4.89 Å². The van der Waals surface area contributed by atoms with Crippen LogP contribution in [0.1, 0.15) is 0 Å². The van der Waals surface area contributed by atoms with Crippen molar-refractivity contribution in [1.29, 1.82) is 0 Å². The summed E-state index contributed by atoms with van der Waals surface area (Å²) in [5.74, 6) is 0.0921. The highest BCUT2D eigenvalue weighted by Crippen LogP contribution is 2.47. The minimum Gasteiger partial charge on any atom is -0.402 e. The molecule has 0 bridgehead atoms. The van der Waals surface area contributed by atoms with Crippen molar-refractivity contribution in [3.63, 3.8) is 0 Å². The van der Waals surface area contributed by atoms with Crippen molar-refractivity contribution in [2.75, 3.05) is 0 Å². The molecule has 1 aromatic carbocycles. The van der Waals surface area contributed by atoms with Crippen LogP contribution in [-0.4, -0.2) is 4.89 Å². The standard InChI is InChI=1S/C6H5BrClO4P/c7-12-13(9,10)11-6-4-2-1-3-5(6)8/h1-4H,(H,9,10). The quantitative estimate of drug-likeness (QED) is 0.868. The molecule has 0 amide bonds.